The first-order valence-corrected chi connectivity index (χ1v) is 7.11. The van der Waals surface area contributed by atoms with E-state index in [1.165, 1.54) is 19.3 Å². The number of carbonyl (C=O) groups is 1. The van der Waals surface area contributed by atoms with Crippen LogP contribution >= 0.6 is 12.4 Å². The zero-order valence-corrected chi connectivity index (χ0v) is 12.3. The molecule has 2 rings (SSSR count). The molecule has 0 aliphatic carbocycles. The molecule has 0 saturated carbocycles. The number of carboxylic acid groups (broad SMARTS) is 1. The molecule has 1 aromatic heterocycles. The summed E-state index contributed by atoms with van der Waals surface area (Å²) >= 11 is 0. The van der Waals surface area contributed by atoms with Crippen molar-refractivity contribution in [3.8, 4) is 0 Å². The molecule has 112 valence electrons. The van der Waals surface area contributed by atoms with Crippen LogP contribution in [0.4, 0.5) is 0 Å². The molecule has 0 aromatic carbocycles. The van der Waals surface area contributed by atoms with E-state index in [0.29, 0.717) is 6.54 Å². The molecule has 0 spiro atoms. The average Bonchev–Trinajstić information content (AvgIpc) is 2.39. The van der Waals surface area contributed by atoms with Crippen molar-refractivity contribution in [1.82, 2.24) is 19.6 Å². The van der Waals surface area contributed by atoms with Crippen molar-refractivity contribution in [2.75, 3.05) is 19.6 Å². The van der Waals surface area contributed by atoms with E-state index in [2.05, 4.69) is 15.3 Å². The minimum absolute atomic E-state index is 0. The van der Waals surface area contributed by atoms with Gasteiger partial charge in [0.2, 0.25) is 0 Å². The first-order chi connectivity index (χ1) is 8.94. The van der Waals surface area contributed by atoms with Crippen LogP contribution in [-0.4, -0.2) is 59.4 Å². The maximum atomic E-state index is 12.5. The number of hydrogen-bond donors (Lipinski definition) is 2. The van der Waals surface area contributed by atoms with Gasteiger partial charge in [-0.25, -0.2) is 13.4 Å². The minimum atomic E-state index is -3.95. The number of nitrogens with zero attached hydrogens (tertiary/aromatic N) is 3. The van der Waals surface area contributed by atoms with Crippen molar-refractivity contribution >= 4 is 28.4 Å². The lowest BCUT2D eigenvalue weighted by Gasteiger charge is -2.32. The zero-order chi connectivity index (χ0) is 14.0. The van der Waals surface area contributed by atoms with Gasteiger partial charge in [-0.1, -0.05) is 0 Å². The molecule has 1 aromatic rings. The lowest BCUT2D eigenvalue weighted by Crippen LogP contribution is -2.57. The number of halogens is 1. The Morgan fingerprint density at radius 2 is 2.10 bits per heavy atom. The molecule has 1 unspecified atom stereocenters. The van der Waals surface area contributed by atoms with E-state index in [-0.39, 0.29) is 36.2 Å². The zero-order valence-electron chi connectivity index (χ0n) is 10.7. The molecule has 8 nitrogen and oxygen atoms in total. The molecule has 0 bridgehead atoms. The van der Waals surface area contributed by atoms with Gasteiger partial charge in [-0.2, -0.15) is 4.31 Å². The first kappa shape index (κ1) is 16.8. The van der Waals surface area contributed by atoms with Gasteiger partial charge in [0.15, 0.2) is 5.03 Å². The Labute approximate surface area is 122 Å². The highest BCUT2D eigenvalue weighted by Crippen LogP contribution is 2.19. The van der Waals surface area contributed by atoms with Crippen LogP contribution in [0.15, 0.2) is 17.4 Å². The second kappa shape index (κ2) is 6.44. The molecule has 2 heterocycles. The van der Waals surface area contributed by atoms with Gasteiger partial charge in [0, 0.05) is 32.0 Å². The van der Waals surface area contributed by atoms with Crippen LogP contribution < -0.4 is 5.32 Å². The van der Waals surface area contributed by atoms with Crippen molar-refractivity contribution in [3.05, 3.63) is 18.1 Å². The number of hydrogen-bond acceptors (Lipinski definition) is 6. The summed E-state index contributed by atoms with van der Waals surface area (Å²) in [4.78, 5) is 18.8. The van der Waals surface area contributed by atoms with E-state index in [1.807, 2.05) is 0 Å². The normalized spacial score (nSPS) is 20.1. The first-order valence-electron chi connectivity index (χ1n) is 5.67. The summed E-state index contributed by atoms with van der Waals surface area (Å²) in [6, 6.07) is -1.12. The number of aromatic nitrogens is 2. The second-order valence-electron chi connectivity index (χ2n) is 4.12. The molecule has 0 radical (unpaired) electrons. The van der Waals surface area contributed by atoms with Gasteiger partial charge in [0.25, 0.3) is 10.0 Å². The number of sulfonamides is 1. The number of aryl methyl sites for hydroxylation is 1. The molecule has 2 N–H and O–H groups in total. The van der Waals surface area contributed by atoms with E-state index in [9.17, 15) is 13.2 Å². The molecule has 1 aliphatic heterocycles. The predicted molar refractivity (Wildman–Crippen MR) is 72.2 cm³/mol. The highest BCUT2D eigenvalue weighted by Gasteiger charge is 2.39. The Balaban J connectivity index is 0.00000200. The van der Waals surface area contributed by atoms with Crippen molar-refractivity contribution in [3.63, 3.8) is 0 Å². The largest absolute Gasteiger partial charge is 0.480 e. The fourth-order valence-electron chi connectivity index (χ4n) is 1.94. The van der Waals surface area contributed by atoms with Crippen LogP contribution in [0.2, 0.25) is 0 Å². The average molecular weight is 323 g/mol. The Morgan fingerprint density at radius 3 is 2.70 bits per heavy atom. The Kier molecular flexibility index (Phi) is 5.40. The molecular weight excluding hydrogens is 308 g/mol. The third-order valence-corrected chi connectivity index (χ3v) is 4.81. The topological polar surface area (TPSA) is 112 Å². The minimum Gasteiger partial charge on any atom is -0.480 e. The number of piperazine rings is 1. The van der Waals surface area contributed by atoms with Crippen LogP contribution in [0.5, 0.6) is 0 Å². The van der Waals surface area contributed by atoms with Crippen LogP contribution in [-0.2, 0) is 14.8 Å². The molecular formula is C10H15ClN4O4S. The number of aliphatic carboxylic acids is 1. The van der Waals surface area contributed by atoms with Crippen molar-refractivity contribution in [2.24, 2.45) is 0 Å². The van der Waals surface area contributed by atoms with Crippen LogP contribution in [0.3, 0.4) is 0 Å². The molecule has 1 saturated heterocycles. The molecule has 1 fully saturated rings. The standard InChI is InChI=1S/C10H14N4O4S.ClH/c1-7-9(13-3-2-12-7)19(17,18)14-5-4-11-6-8(14)10(15)16;/h2-3,8,11H,4-6H2,1H3,(H,15,16);1H. The quantitative estimate of drug-likeness (QED) is 0.753. The van der Waals surface area contributed by atoms with E-state index in [4.69, 9.17) is 5.11 Å². The number of carboxylic acids is 1. The van der Waals surface area contributed by atoms with Gasteiger partial charge in [0.05, 0.1) is 5.69 Å². The summed E-state index contributed by atoms with van der Waals surface area (Å²) < 4.78 is 25.9. The van der Waals surface area contributed by atoms with E-state index < -0.39 is 22.0 Å². The summed E-state index contributed by atoms with van der Waals surface area (Å²) in [6.07, 6.45) is 2.67. The molecule has 1 atom stereocenters. The van der Waals surface area contributed by atoms with E-state index in [0.717, 1.165) is 4.31 Å². The Bertz CT molecular complexity index is 595. The number of nitrogens with one attached hydrogen (secondary N) is 1. The predicted octanol–water partition coefficient (Wildman–Crippen LogP) is -0.746. The smallest absolute Gasteiger partial charge is 0.323 e. The van der Waals surface area contributed by atoms with Gasteiger partial charge in [-0.05, 0) is 6.92 Å². The summed E-state index contributed by atoms with van der Waals surface area (Å²) in [5.74, 6) is -1.18. The number of rotatable bonds is 3. The van der Waals surface area contributed by atoms with E-state index >= 15 is 0 Å². The lowest BCUT2D eigenvalue weighted by molar-refractivity contribution is -0.141. The lowest BCUT2D eigenvalue weighted by atomic mass is 10.2. The van der Waals surface area contributed by atoms with Crippen LogP contribution in [0, 0.1) is 6.92 Å². The van der Waals surface area contributed by atoms with Crippen molar-refractivity contribution in [1.29, 1.82) is 0 Å². The van der Waals surface area contributed by atoms with Gasteiger partial charge < -0.3 is 10.4 Å². The summed E-state index contributed by atoms with van der Waals surface area (Å²) in [5, 5.41) is 11.8. The third kappa shape index (κ3) is 3.06. The molecule has 0 amide bonds. The molecule has 1 aliphatic rings. The van der Waals surface area contributed by atoms with Gasteiger partial charge >= 0.3 is 5.97 Å². The second-order valence-corrected chi connectivity index (χ2v) is 5.93. The van der Waals surface area contributed by atoms with Crippen molar-refractivity contribution in [2.45, 2.75) is 18.0 Å². The highest BCUT2D eigenvalue weighted by molar-refractivity contribution is 7.89. The fraction of sp³-hybridized carbons (Fsp3) is 0.500. The monoisotopic (exact) mass is 322 g/mol. The van der Waals surface area contributed by atoms with Gasteiger partial charge in [-0.3, -0.25) is 9.78 Å². The van der Waals surface area contributed by atoms with Crippen molar-refractivity contribution < 1.29 is 18.3 Å². The maximum absolute atomic E-state index is 12.5. The summed E-state index contributed by atoms with van der Waals surface area (Å²) in [5.41, 5.74) is 0.255. The van der Waals surface area contributed by atoms with E-state index in [1.54, 1.807) is 0 Å². The fourth-order valence-corrected chi connectivity index (χ4v) is 3.62. The SMILES string of the molecule is Cc1nccnc1S(=O)(=O)N1CCNCC1C(=O)O.Cl. The van der Waals surface area contributed by atoms with Crippen LogP contribution in [0.25, 0.3) is 0 Å². The maximum Gasteiger partial charge on any atom is 0.323 e. The van der Waals surface area contributed by atoms with Gasteiger partial charge in [0.1, 0.15) is 6.04 Å². The third-order valence-electron chi connectivity index (χ3n) is 2.87. The Hall–Kier alpha value is -1.29. The molecule has 10 heteroatoms. The Morgan fingerprint density at radius 1 is 1.45 bits per heavy atom. The summed E-state index contributed by atoms with van der Waals surface area (Å²) in [6.45, 7) is 2.10. The van der Waals surface area contributed by atoms with Gasteiger partial charge in [-0.15, -0.1) is 12.4 Å². The molecule has 20 heavy (non-hydrogen) atoms. The summed E-state index contributed by atoms with van der Waals surface area (Å²) in [7, 11) is -3.95. The highest BCUT2D eigenvalue weighted by atomic mass is 35.5. The van der Waals surface area contributed by atoms with Crippen LogP contribution in [0.1, 0.15) is 5.69 Å².